The van der Waals surface area contributed by atoms with E-state index in [0.717, 1.165) is 6.42 Å². The lowest BCUT2D eigenvalue weighted by Gasteiger charge is -2.07. The van der Waals surface area contributed by atoms with Gasteiger partial charge in [0.05, 0.1) is 12.7 Å². The van der Waals surface area contributed by atoms with Crippen LogP contribution in [0.15, 0.2) is 36.4 Å². The summed E-state index contributed by atoms with van der Waals surface area (Å²) in [6.45, 7) is 2.69. The Morgan fingerprint density at radius 3 is 2.71 bits per heavy atom. The molecule has 0 radical (unpaired) electrons. The summed E-state index contributed by atoms with van der Waals surface area (Å²) >= 11 is 0. The van der Waals surface area contributed by atoms with Crippen LogP contribution in [0.4, 0.5) is 0 Å². The molecule has 0 N–H and O–H groups in total. The number of allylic oxidation sites excluding steroid dienone is 1. The Morgan fingerprint density at radius 2 is 2.06 bits per heavy atom. The van der Waals surface area contributed by atoms with Gasteiger partial charge in [-0.15, -0.1) is 0 Å². The fraction of sp³-hybridized carbons (Fsp3) is 0.333. The zero-order valence-electron chi connectivity index (χ0n) is 9.93. The first-order valence-electron chi connectivity index (χ1n) is 5.44. The SMILES string of the molecule is CC(C=CCc1ccccc1COPP)OP. The monoisotopic (exact) mass is 288 g/mol. The molecule has 0 saturated carbocycles. The molecule has 1 aromatic carbocycles. The van der Waals surface area contributed by atoms with Gasteiger partial charge >= 0.3 is 0 Å². The van der Waals surface area contributed by atoms with Gasteiger partial charge in [-0.1, -0.05) is 45.3 Å². The molecule has 17 heavy (non-hydrogen) atoms. The Balaban J connectivity index is 2.60. The van der Waals surface area contributed by atoms with E-state index in [4.69, 9.17) is 9.05 Å². The second-order valence-electron chi connectivity index (χ2n) is 3.65. The average molecular weight is 288 g/mol. The maximum Gasteiger partial charge on any atom is 0.0763 e. The zero-order chi connectivity index (χ0) is 12.5. The molecule has 2 nitrogen and oxygen atoms in total. The largest absolute Gasteiger partial charge is 0.359 e. The van der Waals surface area contributed by atoms with E-state index in [1.807, 2.05) is 13.0 Å². The van der Waals surface area contributed by atoms with E-state index < -0.39 is 0 Å². The van der Waals surface area contributed by atoms with E-state index in [-0.39, 0.29) is 6.10 Å². The van der Waals surface area contributed by atoms with Crippen LogP contribution in [-0.4, -0.2) is 6.10 Å². The molecule has 0 spiro atoms. The summed E-state index contributed by atoms with van der Waals surface area (Å²) in [4.78, 5) is 0. The van der Waals surface area contributed by atoms with E-state index in [0.29, 0.717) is 15.1 Å². The van der Waals surface area contributed by atoms with Crippen molar-refractivity contribution in [2.24, 2.45) is 0 Å². The molecule has 4 atom stereocenters. The van der Waals surface area contributed by atoms with Gasteiger partial charge in [-0.25, -0.2) is 0 Å². The van der Waals surface area contributed by atoms with Crippen molar-refractivity contribution in [1.82, 2.24) is 0 Å². The molecule has 4 unspecified atom stereocenters. The Labute approximate surface area is 110 Å². The molecule has 94 valence electrons. The van der Waals surface area contributed by atoms with Gasteiger partial charge in [0.25, 0.3) is 0 Å². The first kappa shape index (κ1) is 15.2. The van der Waals surface area contributed by atoms with Crippen molar-refractivity contribution in [1.29, 1.82) is 0 Å². The second-order valence-corrected chi connectivity index (χ2v) is 5.15. The van der Waals surface area contributed by atoms with Crippen molar-refractivity contribution in [2.45, 2.75) is 26.1 Å². The Morgan fingerprint density at radius 1 is 1.35 bits per heavy atom. The van der Waals surface area contributed by atoms with Gasteiger partial charge in [0.1, 0.15) is 0 Å². The van der Waals surface area contributed by atoms with Crippen LogP contribution in [0.25, 0.3) is 0 Å². The van der Waals surface area contributed by atoms with Crippen molar-refractivity contribution >= 4 is 26.9 Å². The highest BCUT2D eigenvalue weighted by molar-refractivity contribution is 8.00. The van der Waals surface area contributed by atoms with E-state index in [2.05, 4.69) is 48.7 Å². The van der Waals surface area contributed by atoms with Crippen LogP contribution in [-0.2, 0) is 22.1 Å². The van der Waals surface area contributed by atoms with E-state index in [1.165, 1.54) is 11.1 Å². The molecule has 0 bridgehead atoms. The van der Waals surface area contributed by atoms with Crippen molar-refractivity contribution < 1.29 is 9.05 Å². The molecule has 0 aliphatic carbocycles. The summed E-state index contributed by atoms with van der Waals surface area (Å²) in [5.41, 5.74) is 2.56. The quantitative estimate of drug-likeness (QED) is 0.560. The van der Waals surface area contributed by atoms with Crippen LogP contribution in [0.5, 0.6) is 0 Å². The van der Waals surface area contributed by atoms with Gasteiger partial charge in [0.15, 0.2) is 0 Å². The number of hydrogen-bond donors (Lipinski definition) is 0. The maximum atomic E-state index is 5.45. The molecule has 0 amide bonds. The third-order valence-corrected chi connectivity index (χ3v) is 3.63. The van der Waals surface area contributed by atoms with Gasteiger partial charge in [-0.3, -0.25) is 0 Å². The molecule has 0 saturated heterocycles. The molecule has 0 aliphatic rings. The summed E-state index contributed by atoms with van der Waals surface area (Å²) in [5, 5.41) is 0. The van der Waals surface area contributed by atoms with Crippen LogP contribution >= 0.6 is 26.9 Å². The zero-order valence-corrected chi connectivity index (χ0v) is 13.2. The smallest absolute Gasteiger partial charge is 0.0763 e. The Bertz CT molecular complexity index is 355. The third kappa shape index (κ3) is 6.05. The van der Waals surface area contributed by atoms with Crippen LogP contribution < -0.4 is 0 Å². The highest BCUT2D eigenvalue weighted by Crippen LogP contribution is 2.24. The fourth-order valence-electron chi connectivity index (χ4n) is 1.45. The summed E-state index contributed by atoms with van der Waals surface area (Å²) in [7, 11) is 5.33. The fourth-order valence-corrected chi connectivity index (χ4v) is 2.03. The maximum absolute atomic E-state index is 5.45. The molecule has 1 aromatic rings. The summed E-state index contributed by atoms with van der Waals surface area (Å²) in [6, 6.07) is 8.36. The minimum Gasteiger partial charge on any atom is -0.359 e. The van der Waals surface area contributed by atoms with Crippen LogP contribution in [0.2, 0.25) is 0 Å². The van der Waals surface area contributed by atoms with Gasteiger partial charge < -0.3 is 9.05 Å². The van der Waals surface area contributed by atoms with Crippen molar-refractivity contribution in [3.05, 3.63) is 47.5 Å². The number of benzene rings is 1. The highest BCUT2D eigenvalue weighted by atomic mass is 32.0. The van der Waals surface area contributed by atoms with Crippen LogP contribution in [0.3, 0.4) is 0 Å². The first-order chi connectivity index (χ1) is 8.27. The summed E-state index contributed by atoms with van der Waals surface area (Å²) in [5.74, 6) is 0. The second kappa shape index (κ2) is 9.15. The van der Waals surface area contributed by atoms with Gasteiger partial charge in [-0.05, 0) is 24.5 Å². The predicted octanol–water partition coefficient (Wildman–Crippen LogP) is 3.88. The molecule has 0 aliphatic heterocycles. The number of hydrogen-bond acceptors (Lipinski definition) is 2. The van der Waals surface area contributed by atoms with Gasteiger partial charge in [-0.2, -0.15) is 0 Å². The molecular formula is C12H19O2P3. The van der Waals surface area contributed by atoms with Gasteiger partial charge in [0.2, 0.25) is 0 Å². The first-order valence-corrected chi connectivity index (χ1v) is 8.63. The molecule has 0 heterocycles. The number of rotatable bonds is 7. The minimum absolute atomic E-state index is 0.136. The Kier molecular flexibility index (Phi) is 8.19. The van der Waals surface area contributed by atoms with E-state index in [1.54, 1.807) is 0 Å². The van der Waals surface area contributed by atoms with Gasteiger partial charge in [0, 0.05) is 18.0 Å². The van der Waals surface area contributed by atoms with Crippen LogP contribution in [0, 0.1) is 0 Å². The third-order valence-electron chi connectivity index (χ3n) is 2.39. The molecular weight excluding hydrogens is 269 g/mol. The molecule has 0 fully saturated rings. The van der Waals surface area contributed by atoms with Crippen molar-refractivity contribution in [3.8, 4) is 0 Å². The minimum atomic E-state index is 0.136. The topological polar surface area (TPSA) is 18.5 Å². The van der Waals surface area contributed by atoms with E-state index in [9.17, 15) is 0 Å². The molecule has 1 rings (SSSR count). The van der Waals surface area contributed by atoms with Crippen molar-refractivity contribution in [3.63, 3.8) is 0 Å². The molecule has 5 heteroatoms. The summed E-state index contributed by atoms with van der Waals surface area (Å²) in [6.07, 6.45) is 5.24. The lowest BCUT2D eigenvalue weighted by atomic mass is 10.0. The lowest BCUT2D eigenvalue weighted by Crippen LogP contribution is -1.96. The van der Waals surface area contributed by atoms with Crippen molar-refractivity contribution in [2.75, 3.05) is 0 Å². The summed E-state index contributed by atoms with van der Waals surface area (Å²) < 4.78 is 10.5. The van der Waals surface area contributed by atoms with E-state index >= 15 is 0 Å². The molecule has 0 aromatic heterocycles. The van der Waals surface area contributed by atoms with Crippen LogP contribution in [0.1, 0.15) is 18.1 Å². The standard InChI is InChI=1S/C12H19O2P3/c1-10(14-15)5-4-8-11-6-2-3-7-12(11)9-13-17-16/h2-7,10,17H,8-9,15-16H2,1H3. The normalized spacial score (nSPS) is 13.8. The predicted molar refractivity (Wildman–Crippen MR) is 82.4 cm³/mol. The highest BCUT2D eigenvalue weighted by Gasteiger charge is 2.00. The Hall–Kier alpha value is 0.170. The average Bonchev–Trinajstić information content (AvgIpc) is 2.37. The lowest BCUT2D eigenvalue weighted by molar-refractivity contribution is 0.318.